The molecule has 1 fully saturated rings. The number of rotatable bonds is 7. The van der Waals surface area contributed by atoms with Gasteiger partial charge in [-0.05, 0) is 18.1 Å². The number of nitrogens with one attached hydrogen (secondary N) is 1. The van der Waals surface area contributed by atoms with Crippen LogP contribution in [0.4, 0.5) is 0 Å². The van der Waals surface area contributed by atoms with Crippen molar-refractivity contribution in [3.05, 3.63) is 36.0 Å². The Morgan fingerprint density at radius 1 is 0.970 bits per heavy atom. The van der Waals surface area contributed by atoms with E-state index in [0.717, 1.165) is 16.5 Å². The van der Waals surface area contributed by atoms with Crippen LogP contribution in [0.5, 0.6) is 0 Å². The van der Waals surface area contributed by atoms with Gasteiger partial charge >= 0.3 is 17.9 Å². The van der Waals surface area contributed by atoms with E-state index in [2.05, 4.69) is 5.32 Å². The Balaban J connectivity index is 2.02. The van der Waals surface area contributed by atoms with Crippen molar-refractivity contribution >= 4 is 34.7 Å². The summed E-state index contributed by atoms with van der Waals surface area (Å²) >= 11 is 0. The summed E-state index contributed by atoms with van der Waals surface area (Å²) in [5.74, 6) is -1.91. The van der Waals surface area contributed by atoms with E-state index >= 15 is 0 Å². The number of hydrogen-bond donors (Lipinski definition) is 1. The molecule has 2 heterocycles. The maximum Gasteiger partial charge on any atom is 0.303 e. The first-order valence-electron chi connectivity index (χ1n) is 10.6. The third-order valence-electron chi connectivity index (χ3n) is 5.19. The first-order chi connectivity index (χ1) is 15.7. The van der Waals surface area contributed by atoms with E-state index in [0.29, 0.717) is 13.0 Å². The lowest BCUT2D eigenvalue weighted by atomic mass is 10.0. The Bertz CT molecular complexity index is 1050. The largest absolute Gasteiger partial charge is 0.456 e. The summed E-state index contributed by atoms with van der Waals surface area (Å²) in [6.45, 7) is 5.55. The van der Waals surface area contributed by atoms with Crippen LogP contribution < -0.4 is 5.32 Å². The molecule has 0 unspecified atom stereocenters. The average Bonchev–Trinajstić information content (AvgIpc) is 3.08. The fraction of sp³-hybridized carbons (Fsp3) is 0.478. The van der Waals surface area contributed by atoms with Crippen LogP contribution in [-0.4, -0.2) is 59.8 Å². The van der Waals surface area contributed by atoms with Crippen molar-refractivity contribution in [2.75, 3.05) is 13.2 Å². The quantitative estimate of drug-likeness (QED) is 0.489. The number of esters is 3. The van der Waals surface area contributed by atoms with Crippen molar-refractivity contribution in [2.24, 2.45) is 0 Å². The predicted octanol–water partition coefficient (Wildman–Crippen LogP) is 1.64. The van der Waals surface area contributed by atoms with Crippen molar-refractivity contribution in [3.8, 4) is 0 Å². The predicted molar refractivity (Wildman–Crippen MR) is 116 cm³/mol. The summed E-state index contributed by atoms with van der Waals surface area (Å²) in [5.41, 5.74) is 1.76. The fourth-order valence-electron chi connectivity index (χ4n) is 4.02. The Morgan fingerprint density at radius 2 is 1.61 bits per heavy atom. The van der Waals surface area contributed by atoms with Crippen LogP contribution in [0.2, 0.25) is 0 Å². The van der Waals surface area contributed by atoms with Gasteiger partial charge in [0.1, 0.15) is 0 Å². The zero-order valence-electron chi connectivity index (χ0n) is 19.0. The van der Waals surface area contributed by atoms with E-state index in [9.17, 15) is 19.2 Å². The Labute approximate surface area is 191 Å². The molecule has 10 heteroatoms. The molecule has 0 spiro atoms. The highest BCUT2D eigenvalue weighted by Crippen LogP contribution is 2.34. The molecule has 0 radical (unpaired) electrons. The van der Waals surface area contributed by atoms with E-state index in [-0.39, 0.29) is 12.5 Å². The number of ether oxygens (including phenoxy) is 4. The van der Waals surface area contributed by atoms with Crippen molar-refractivity contribution in [1.29, 1.82) is 0 Å². The lowest BCUT2D eigenvalue weighted by Crippen LogP contribution is -2.55. The Kier molecular flexibility index (Phi) is 7.70. The lowest BCUT2D eigenvalue weighted by molar-refractivity contribution is -0.239. The molecule has 10 nitrogen and oxygen atoms in total. The molecule has 1 saturated heterocycles. The second kappa shape index (κ2) is 10.5. The summed E-state index contributed by atoms with van der Waals surface area (Å²) in [6, 6.07) is 7.61. The van der Waals surface area contributed by atoms with Crippen LogP contribution in [0.1, 0.15) is 39.5 Å². The first-order valence-corrected chi connectivity index (χ1v) is 10.6. The molecule has 0 bridgehead atoms. The minimum atomic E-state index is -1.07. The second-order valence-corrected chi connectivity index (χ2v) is 7.83. The van der Waals surface area contributed by atoms with E-state index in [1.165, 1.54) is 27.7 Å². The molecule has 3 rings (SSSR count). The summed E-state index contributed by atoms with van der Waals surface area (Å²) in [5, 5.41) is 3.72. The Morgan fingerprint density at radius 3 is 2.24 bits per heavy atom. The second-order valence-electron chi connectivity index (χ2n) is 7.83. The molecular weight excluding hydrogens is 432 g/mol. The SMILES string of the molecule is CC(=O)NCCc1cn([C@@H]2OC[C@H](OC(C)=O)[C@H](OC(C)=O)[C@H]2OC(C)=O)c2ccccc12. The number of aromatic nitrogens is 1. The number of benzene rings is 1. The number of hydrogen-bond acceptors (Lipinski definition) is 8. The molecule has 4 atom stereocenters. The molecule has 178 valence electrons. The highest BCUT2D eigenvalue weighted by atomic mass is 16.6. The number of fused-ring (bicyclic) bond motifs is 1. The Hall–Kier alpha value is -3.40. The van der Waals surface area contributed by atoms with Gasteiger partial charge in [0.25, 0.3) is 0 Å². The van der Waals surface area contributed by atoms with Crippen LogP contribution in [-0.2, 0) is 44.5 Å². The summed E-state index contributed by atoms with van der Waals surface area (Å²) < 4.78 is 24.1. The smallest absolute Gasteiger partial charge is 0.303 e. The van der Waals surface area contributed by atoms with Gasteiger partial charge in [-0.25, -0.2) is 0 Å². The third-order valence-corrected chi connectivity index (χ3v) is 5.19. The highest BCUT2D eigenvalue weighted by Gasteiger charge is 2.48. The molecule has 1 N–H and O–H groups in total. The summed E-state index contributed by atoms with van der Waals surface area (Å²) in [4.78, 5) is 46.6. The average molecular weight is 460 g/mol. The molecule has 2 aromatic rings. The van der Waals surface area contributed by atoms with Gasteiger partial charge in [-0.3, -0.25) is 19.2 Å². The van der Waals surface area contributed by atoms with Gasteiger partial charge in [0, 0.05) is 45.8 Å². The van der Waals surface area contributed by atoms with Gasteiger partial charge in [0.2, 0.25) is 5.91 Å². The van der Waals surface area contributed by atoms with Gasteiger partial charge in [0.05, 0.1) is 12.1 Å². The fourth-order valence-corrected chi connectivity index (χ4v) is 4.02. The molecule has 0 aliphatic carbocycles. The van der Waals surface area contributed by atoms with Crippen LogP contribution in [0.3, 0.4) is 0 Å². The third kappa shape index (κ3) is 5.89. The lowest BCUT2D eigenvalue weighted by Gasteiger charge is -2.41. The summed E-state index contributed by atoms with van der Waals surface area (Å²) in [6.07, 6.45) is -1.47. The van der Waals surface area contributed by atoms with E-state index in [1.54, 1.807) is 0 Å². The monoisotopic (exact) mass is 460 g/mol. The summed E-state index contributed by atoms with van der Waals surface area (Å²) in [7, 11) is 0. The van der Waals surface area contributed by atoms with E-state index in [1.807, 2.05) is 35.0 Å². The van der Waals surface area contributed by atoms with Crippen molar-refractivity contribution in [1.82, 2.24) is 9.88 Å². The molecule has 0 saturated carbocycles. The first kappa shape index (κ1) is 24.2. The molecule has 1 amide bonds. The molecule has 1 aliphatic rings. The molecule has 33 heavy (non-hydrogen) atoms. The highest BCUT2D eigenvalue weighted by molar-refractivity contribution is 5.84. The van der Waals surface area contributed by atoms with Gasteiger partial charge in [0.15, 0.2) is 24.5 Å². The van der Waals surface area contributed by atoms with Crippen LogP contribution in [0.15, 0.2) is 30.5 Å². The minimum absolute atomic E-state index is 0.0618. The minimum Gasteiger partial charge on any atom is -0.456 e. The van der Waals surface area contributed by atoms with Crippen molar-refractivity contribution in [2.45, 2.75) is 58.7 Å². The number of nitrogens with zero attached hydrogens (tertiary/aromatic N) is 1. The number of carbonyl (C=O) groups excluding carboxylic acids is 4. The number of carbonyl (C=O) groups is 4. The zero-order valence-corrected chi connectivity index (χ0v) is 19.0. The molecule has 1 aromatic heterocycles. The van der Waals surface area contributed by atoms with Crippen LogP contribution >= 0.6 is 0 Å². The van der Waals surface area contributed by atoms with Gasteiger partial charge in [-0.2, -0.15) is 0 Å². The number of amides is 1. The maximum absolute atomic E-state index is 11.9. The molecule has 1 aromatic carbocycles. The van der Waals surface area contributed by atoms with E-state index in [4.69, 9.17) is 18.9 Å². The standard InChI is InChI=1S/C23H28N2O8/c1-13(26)24-10-9-17-11-25(19-8-6-5-7-18(17)19)23-22(33-16(4)29)21(32-15(3)28)20(12-30-23)31-14(2)27/h5-8,11,20-23H,9-10,12H2,1-4H3,(H,24,26)/t20-,21-,22+,23+/m0/s1. The van der Waals surface area contributed by atoms with Crippen LogP contribution in [0.25, 0.3) is 10.9 Å². The van der Waals surface area contributed by atoms with Gasteiger partial charge < -0.3 is 28.8 Å². The topological polar surface area (TPSA) is 122 Å². The van der Waals surface area contributed by atoms with E-state index < -0.39 is 42.4 Å². The van der Waals surface area contributed by atoms with Crippen molar-refractivity contribution in [3.63, 3.8) is 0 Å². The number of para-hydroxylation sites is 1. The van der Waals surface area contributed by atoms with Gasteiger partial charge in [-0.1, -0.05) is 18.2 Å². The normalized spacial score (nSPS) is 22.4. The van der Waals surface area contributed by atoms with Gasteiger partial charge in [-0.15, -0.1) is 0 Å². The van der Waals surface area contributed by atoms with Crippen LogP contribution in [0, 0.1) is 0 Å². The zero-order chi connectivity index (χ0) is 24.1. The molecular formula is C23H28N2O8. The maximum atomic E-state index is 11.9. The van der Waals surface area contributed by atoms with Crippen molar-refractivity contribution < 1.29 is 38.1 Å². The molecule has 1 aliphatic heterocycles.